The number of nitrogens with zero attached hydrogens (tertiary/aromatic N) is 4. The summed E-state index contributed by atoms with van der Waals surface area (Å²) in [7, 11) is 1.57. The predicted molar refractivity (Wildman–Crippen MR) is 149 cm³/mol. The van der Waals surface area contributed by atoms with Crippen LogP contribution in [0.4, 0.5) is 4.39 Å². The minimum Gasteiger partial charge on any atom is -0.497 e. The maximum absolute atomic E-state index is 15.2. The summed E-state index contributed by atoms with van der Waals surface area (Å²) in [4.78, 5) is 29.2. The highest BCUT2D eigenvalue weighted by molar-refractivity contribution is 5.89. The first kappa shape index (κ1) is 26.6. The summed E-state index contributed by atoms with van der Waals surface area (Å²) in [5.74, 6) is -0.850. The van der Waals surface area contributed by atoms with Gasteiger partial charge in [-0.15, -0.1) is 5.10 Å². The summed E-state index contributed by atoms with van der Waals surface area (Å²) in [6, 6.07) is 28.6. The van der Waals surface area contributed by atoms with Gasteiger partial charge in [-0.1, -0.05) is 78.0 Å². The number of carbonyl (C=O) groups is 2. The molecule has 4 aromatic carbocycles. The Hall–Kier alpha value is -5.05. The molecule has 5 rings (SSSR count). The van der Waals surface area contributed by atoms with Crippen molar-refractivity contribution in [1.29, 1.82) is 0 Å². The minimum absolute atomic E-state index is 0.0488. The van der Waals surface area contributed by atoms with Gasteiger partial charge in [-0.3, -0.25) is 9.59 Å². The predicted octanol–water partition coefficient (Wildman–Crippen LogP) is 4.67. The lowest BCUT2D eigenvalue weighted by molar-refractivity contribution is -0.142. The van der Waals surface area contributed by atoms with Crippen molar-refractivity contribution in [2.75, 3.05) is 7.11 Å². The number of fused-ring (bicyclic) bond motifs is 1. The molecule has 8 nitrogen and oxygen atoms in total. The normalized spacial score (nSPS) is 11.7. The number of halogens is 1. The molecule has 5 aromatic rings. The molecular weight excluding hydrogens is 509 g/mol. The van der Waals surface area contributed by atoms with E-state index in [1.807, 2.05) is 60.7 Å². The van der Waals surface area contributed by atoms with Crippen LogP contribution in [-0.2, 0) is 29.2 Å². The van der Waals surface area contributed by atoms with Crippen LogP contribution in [0.3, 0.4) is 0 Å². The lowest BCUT2D eigenvalue weighted by Gasteiger charge is -2.32. The van der Waals surface area contributed by atoms with E-state index in [2.05, 4.69) is 15.6 Å². The van der Waals surface area contributed by atoms with Crippen LogP contribution in [0.5, 0.6) is 5.75 Å². The van der Waals surface area contributed by atoms with Gasteiger partial charge < -0.3 is 15.0 Å². The van der Waals surface area contributed by atoms with Crippen molar-refractivity contribution in [3.63, 3.8) is 0 Å². The zero-order valence-electron chi connectivity index (χ0n) is 21.9. The summed E-state index contributed by atoms with van der Waals surface area (Å²) in [5, 5.41) is 11.2. The Morgan fingerprint density at radius 1 is 0.900 bits per heavy atom. The van der Waals surface area contributed by atoms with Gasteiger partial charge in [0, 0.05) is 18.7 Å². The molecule has 0 aliphatic rings. The third-order valence-corrected chi connectivity index (χ3v) is 6.61. The van der Waals surface area contributed by atoms with E-state index in [1.54, 1.807) is 37.4 Å². The molecule has 0 bridgehead atoms. The van der Waals surface area contributed by atoms with Gasteiger partial charge in [0.2, 0.25) is 11.8 Å². The molecule has 1 unspecified atom stereocenters. The Bertz CT molecular complexity index is 1600. The largest absolute Gasteiger partial charge is 0.497 e. The van der Waals surface area contributed by atoms with Gasteiger partial charge in [0.1, 0.15) is 29.7 Å². The number of aromatic nitrogens is 3. The SMILES string of the molecule is COc1ccc(CN(C(=O)Cn2nnc3ccccc32)C(C(=O)NCc2ccccc2)c2ccccc2F)cc1. The highest BCUT2D eigenvalue weighted by Crippen LogP contribution is 2.27. The van der Waals surface area contributed by atoms with E-state index in [0.717, 1.165) is 11.1 Å². The monoisotopic (exact) mass is 537 g/mol. The number of ether oxygens (including phenoxy) is 1. The van der Waals surface area contributed by atoms with Gasteiger partial charge in [-0.25, -0.2) is 9.07 Å². The molecule has 1 heterocycles. The van der Waals surface area contributed by atoms with Crippen molar-refractivity contribution in [1.82, 2.24) is 25.2 Å². The second kappa shape index (κ2) is 12.2. The van der Waals surface area contributed by atoms with Crippen molar-refractivity contribution >= 4 is 22.8 Å². The molecule has 1 aromatic heterocycles. The van der Waals surface area contributed by atoms with Gasteiger partial charge in [0.15, 0.2) is 0 Å². The summed E-state index contributed by atoms with van der Waals surface area (Å²) >= 11 is 0. The molecule has 0 aliphatic carbocycles. The van der Waals surface area contributed by atoms with Crippen molar-refractivity contribution in [3.8, 4) is 5.75 Å². The van der Waals surface area contributed by atoms with E-state index in [-0.39, 0.29) is 25.2 Å². The van der Waals surface area contributed by atoms with E-state index in [0.29, 0.717) is 16.8 Å². The number of amides is 2. The summed E-state index contributed by atoms with van der Waals surface area (Å²) in [5.41, 5.74) is 3.04. The third kappa shape index (κ3) is 5.99. The first-order valence-electron chi connectivity index (χ1n) is 12.8. The maximum atomic E-state index is 15.2. The molecule has 1 N–H and O–H groups in total. The number of methoxy groups -OCH3 is 1. The van der Waals surface area contributed by atoms with Crippen LogP contribution in [0.2, 0.25) is 0 Å². The van der Waals surface area contributed by atoms with Gasteiger partial charge >= 0.3 is 0 Å². The lowest BCUT2D eigenvalue weighted by atomic mass is 10.0. The molecule has 0 spiro atoms. The first-order valence-corrected chi connectivity index (χ1v) is 12.8. The molecule has 202 valence electrons. The third-order valence-electron chi connectivity index (χ3n) is 6.61. The fourth-order valence-electron chi connectivity index (χ4n) is 4.53. The number of carbonyl (C=O) groups excluding carboxylic acids is 2. The van der Waals surface area contributed by atoms with Gasteiger partial charge in [0.25, 0.3) is 0 Å². The van der Waals surface area contributed by atoms with E-state index in [9.17, 15) is 9.59 Å². The standard InChI is InChI=1S/C31H28FN5O3/c1-40-24-17-15-23(16-18-24)20-36(29(38)21-37-28-14-8-7-13-27(28)34-35-37)30(25-11-5-6-12-26(25)32)31(39)33-19-22-9-3-2-4-10-22/h2-18,30H,19-21H2,1H3,(H,33,39). The minimum atomic E-state index is -1.24. The Kier molecular flexibility index (Phi) is 8.10. The number of hydrogen-bond acceptors (Lipinski definition) is 5. The molecule has 0 saturated carbocycles. The van der Waals surface area contributed by atoms with E-state index in [1.165, 1.54) is 21.7 Å². The number of hydrogen-bond donors (Lipinski definition) is 1. The quantitative estimate of drug-likeness (QED) is 0.280. The van der Waals surface area contributed by atoms with E-state index < -0.39 is 23.7 Å². The van der Waals surface area contributed by atoms with Crippen LogP contribution < -0.4 is 10.1 Å². The fraction of sp³-hybridized carbons (Fsp3) is 0.161. The van der Waals surface area contributed by atoms with E-state index in [4.69, 9.17) is 4.74 Å². The average molecular weight is 538 g/mol. The Morgan fingerprint density at radius 2 is 1.60 bits per heavy atom. The number of para-hydroxylation sites is 1. The smallest absolute Gasteiger partial charge is 0.247 e. The van der Waals surface area contributed by atoms with Crippen molar-refractivity contribution in [2.45, 2.75) is 25.7 Å². The van der Waals surface area contributed by atoms with Crippen LogP contribution in [0.25, 0.3) is 11.0 Å². The first-order chi connectivity index (χ1) is 19.5. The molecule has 40 heavy (non-hydrogen) atoms. The van der Waals surface area contributed by atoms with Crippen molar-refractivity contribution < 1.29 is 18.7 Å². The molecule has 0 saturated heterocycles. The van der Waals surface area contributed by atoms with Crippen LogP contribution in [0.1, 0.15) is 22.7 Å². The molecule has 9 heteroatoms. The Balaban J connectivity index is 1.52. The van der Waals surface area contributed by atoms with Crippen molar-refractivity contribution in [2.24, 2.45) is 0 Å². The fourth-order valence-corrected chi connectivity index (χ4v) is 4.53. The van der Waals surface area contributed by atoms with Crippen LogP contribution in [0, 0.1) is 5.82 Å². The highest BCUT2D eigenvalue weighted by Gasteiger charge is 2.34. The molecule has 0 radical (unpaired) electrons. The second-order valence-corrected chi connectivity index (χ2v) is 9.23. The summed E-state index contributed by atoms with van der Waals surface area (Å²) in [6.45, 7) is 0.0870. The molecule has 0 aliphatic heterocycles. The Morgan fingerprint density at radius 3 is 2.35 bits per heavy atom. The van der Waals surface area contributed by atoms with Gasteiger partial charge in [-0.2, -0.15) is 0 Å². The molecule has 0 fully saturated rings. The van der Waals surface area contributed by atoms with Crippen LogP contribution in [0.15, 0.2) is 103 Å². The molecule has 1 atom stereocenters. The topological polar surface area (TPSA) is 89.3 Å². The van der Waals surface area contributed by atoms with Crippen molar-refractivity contribution in [3.05, 3.63) is 126 Å². The number of rotatable bonds is 10. The second-order valence-electron chi connectivity index (χ2n) is 9.23. The van der Waals surface area contributed by atoms with E-state index >= 15 is 4.39 Å². The molecule has 2 amide bonds. The highest BCUT2D eigenvalue weighted by atomic mass is 19.1. The number of nitrogens with one attached hydrogen (secondary N) is 1. The summed E-state index contributed by atoms with van der Waals surface area (Å²) in [6.07, 6.45) is 0. The maximum Gasteiger partial charge on any atom is 0.247 e. The lowest BCUT2D eigenvalue weighted by Crippen LogP contribution is -2.44. The van der Waals surface area contributed by atoms with Crippen LogP contribution in [-0.4, -0.2) is 38.8 Å². The number of benzene rings is 4. The average Bonchev–Trinajstić information content (AvgIpc) is 3.40. The van der Waals surface area contributed by atoms with Crippen LogP contribution >= 0.6 is 0 Å². The zero-order chi connectivity index (χ0) is 27.9. The van der Waals surface area contributed by atoms with Gasteiger partial charge in [-0.05, 0) is 41.5 Å². The zero-order valence-corrected chi connectivity index (χ0v) is 21.9. The van der Waals surface area contributed by atoms with Gasteiger partial charge in [0.05, 0.1) is 12.6 Å². The molecular formula is C31H28FN5O3. The summed E-state index contributed by atoms with van der Waals surface area (Å²) < 4.78 is 22.0. The Labute approximate surface area is 231 Å².